The number of nitrogens with one attached hydrogen (secondary N) is 2. The van der Waals surface area contributed by atoms with Crippen LogP contribution in [-0.2, 0) is 29.1 Å². The predicted octanol–water partition coefficient (Wildman–Crippen LogP) is 4.10. The largest absolute Gasteiger partial charge is 0.493 e. The van der Waals surface area contributed by atoms with E-state index in [2.05, 4.69) is 27.4 Å². The zero-order chi connectivity index (χ0) is 26.6. The van der Waals surface area contributed by atoms with Crippen LogP contribution in [0.5, 0.6) is 11.5 Å². The fourth-order valence-corrected chi connectivity index (χ4v) is 4.26. The average molecular weight is 522 g/mol. The number of nitrogens with zero attached hydrogens (tertiary/aromatic N) is 3. The molecule has 0 unspecified atom stereocenters. The fourth-order valence-electron chi connectivity index (χ4n) is 3.49. The molecule has 0 atom stereocenters. The number of thioether (sulfide) groups is 1. The number of ether oxygens (including phenoxy) is 2. The zero-order valence-electron chi connectivity index (χ0n) is 21.2. The van der Waals surface area contributed by atoms with E-state index in [9.17, 15) is 9.59 Å². The lowest BCUT2D eigenvalue weighted by Crippen LogP contribution is -2.23. The van der Waals surface area contributed by atoms with Gasteiger partial charge in [0.2, 0.25) is 11.8 Å². The summed E-state index contributed by atoms with van der Waals surface area (Å²) in [6.07, 6.45) is 5.66. The molecule has 194 valence electrons. The topological polar surface area (TPSA) is 107 Å². The highest BCUT2D eigenvalue weighted by atomic mass is 32.2. The third-order valence-corrected chi connectivity index (χ3v) is 6.33. The van der Waals surface area contributed by atoms with Gasteiger partial charge in [-0.25, -0.2) is 0 Å². The maximum atomic E-state index is 12.5. The lowest BCUT2D eigenvalue weighted by Gasteiger charge is -2.10. The maximum absolute atomic E-state index is 12.5. The minimum absolute atomic E-state index is 0.130. The van der Waals surface area contributed by atoms with E-state index in [-0.39, 0.29) is 24.1 Å². The summed E-state index contributed by atoms with van der Waals surface area (Å²) in [6.45, 7) is 6.46. The van der Waals surface area contributed by atoms with E-state index < -0.39 is 0 Å². The standard InChI is InChI=1S/C27H31N5O4S/c1-5-15-32-24(17-28-25(33)14-12-19-11-13-22(35-3)23(16-19)36-4)30-31-27(32)37-18-26(34)29-21-10-8-7-9-20(21)6-2/h5,7-14,16H,1,6,15,17-18H2,2-4H3,(H,28,33)(H,29,34)/b14-12+. The minimum Gasteiger partial charge on any atom is -0.493 e. The molecule has 0 radical (unpaired) electrons. The molecule has 10 heteroatoms. The average Bonchev–Trinajstić information content (AvgIpc) is 3.31. The molecule has 2 amide bonds. The van der Waals surface area contributed by atoms with Crippen LogP contribution in [0.15, 0.2) is 66.4 Å². The summed E-state index contributed by atoms with van der Waals surface area (Å²) < 4.78 is 12.3. The van der Waals surface area contributed by atoms with E-state index in [0.29, 0.717) is 29.0 Å². The Hall–Kier alpha value is -4.05. The number of aryl methyl sites for hydroxylation is 1. The summed E-state index contributed by atoms with van der Waals surface area (Å²) in [5, 5.41) is 14.7. The Morgan fingerprint density at radius 1 is 1.11 bits per heavy atom. The quantitative estimate of drug-likeness (QED) is 0.198. The third kappa shape index (κ3) is 7.71. The van der Waals surface area contributed by atoms with Gasteiger partial charge in [-0.3, -0.25) is 9.59 Å². The van der Waals surface area contributed by atoms with Crippen molar-refractivity contribution < 1.29 is 19.1 Å². The Bertz CT molecular complexity index is 1270. The molecule has 0 aliphatic carbocycles. The Morgan fingerprint density at radius 2 is 1.89 bits per heavy atom. The summed E-state index contributed by atoms with van der Waals surface area (Å²) in [4.78, 5) is 24.9. The van der Waals surface area contributed by atoms with Crippen molar-refractivity contribution in [3.63, 3.8) is 0 Å². The minimum atomic E-state index is -0.286. The summed E-state index contributed by atoms with van der Waals surface area (Å²) in [5.74, 6) is 1.51. The van der Waals surface area contributed by atoms with Crippen LogP contribution >= 0.6 is 11.8 Å². The van der Waals surface area contributed by atoms with Gasteiger partial charge in [0.1, 0.15) is 0 Å². The van der Waals surface area contributed by atoms with Crippen LogP contribution in [0.4, 0.5) is 5.69 Å². The Morgan fingerprint density at radius 3 is 2.62 bits per heavy atom. The second kappa shape index (κ2) is 13.9. The predicted molar refractivity (Wildman–Crippen MR) is 146 cm³/mol. The molecule has 2 aromatic carbocycles. The monoisotopic (exact) mass is 521 g/mol. The van der Waals surface area contributed by atoms with Gasteiger partial charge in [0, 0.05) is 18.3 Å². The van der Waals surface area contributed by atoms with Gasteiger partial charge in [-0.2, -0.15) is 0 Å². The van der Waals surface area contributed by atoms with Gasteiger partial charge in [-0.15, -0.1) is 16.8 Å². The lowest BCUT2D eigenvalue weighted by atomic mass is 10.1. The van der Waals surface area contributed by atoms with Crippen LogP contribution in [0.3, 0.4) is 0 Å². The van der Waals surface area contributed by atoms with Crippen LogP contribution in [0.2, 0.25) is 0 Å². The highest BCUT2D eigenvalue weighted by molar-refractivity contribution is 7.99. The highest BCUT2D eigenvalue weighted by Crippen LogP contribution is 2.28. The van der Waals surface area contributed by atoms with Crippen LogP contribution in [0.25, 0.3) is 6.08 Å². The van der Waals surface area contributed by atoms with Crippen molar-refractivity contribution in [3.05, 3.63) is 78.1 Å². The molecule has 0 saturated carbocycles. The smallest absolute Gasteiger partial charge is 0.244 e. The fraction of sp³-hybridized carbons (Fsp3) is 0.259. The molecule has 1 heterocycles. The van der Waals surface area contributed by atoms with Gasteiger partial charge in [0.05, 0.1) is 26.5 Å². The number of carbonyl (C=O) groups is 2. The van der Waals surface area contributed by atoms with E-state index in [0.717, 1.165) is 23.2 Å². The normalized spacial score (nSPS) is 10.8. The summed E-state index contributed by atoms with van der Waals surface area (Å²) >= 11 is 1.28. The number of para-hydroxylation sites is 1. The van der Waals surface area contributed by atoms with Gasteiger partial charge in [0.25, 0.3) is 0 Å². The number of hydrogen-bond acceptors (Lipinski definition) is 7. The Labute approximate surface area is 221 Å². The first kappa shape index (κ1) is 27.5. The van der Waals surface area contributed by atoms with E-state index in [1.54, 1.807) is 38.5 Å². The summed E-state index contributed by atoms with van der Waals surface area (Å²) in [7, 11) is 3.12. The van der Waals surface area contributed by atoms with Crippen molar-refractivity contribution in [2.45, 2.75) is 31.6 Å². The molecule has 0 fully saturated rings. The van der Waals surface area contributed by atoms with E-state index in [1.165, 1.54) is 17.8 Å². The molecule has 37 heavy (non-hydrogen) atoms. The molecule has 0 spiro atoms. The van der Waals surface area contributed by atoms with Gasteiger partial charge in [0.15, 0.2) is 22.5 Å². The first-order valence-corrected chi connectivity index (χ1v) is 12.7. The molecular formula is C27H31N5O4S. The van der Waals surface area contributed by atoms with Gasteiger partial charge >= 0.3 is 0 Å². The second-order valence-electron chi connectivity index (χ2n) is 7.81. The van der Waals surface area contributed by atoms with Gasteiger partial charge < -0.3 is 24.7 Å². The highest BCUT2D eigenvalue weighted by Gasteiger charge is 2.14. The van der Waals surface area contributed by atoms with Crippen LogP contribution in [0, 0.1) is 0 Å². The first-order valence-electron chi connectivity index (χ1n) is 11.7. The van der Waals surface area contributed by atoms with Crippen molar-refractivity contribution in [1.82, 2.24) is 20.1 Å². The van der Waals surface area contributed by atoms with Crippen molar-refractivity contribution >= 4 is 35.3 Å². The SMILES string of the molecule is C=CCn1c(CNC(=O)/C=C/c2ccc(OC)c(OC)c2)nnc1SCC(=O)Nc1ccccc1CC. The molecule has 0 bridgehead atoms. The number of aromatic nitrogens is 3. The number of rotatable bonds is 13. The molecule has 2 N–H and O–H groups in total. The molecule has 0 aliphatic rings. The van der Waals surface area contributed by atoms with E-state index in [4.69, 9.17) is 9.47 Å². The van der Waals surface area contributed by atoms with E-state index >= 15 is 0 Å². The van der Waals surface area contributed by atoms with Gasteiger partial charge in [-0.1, -0.05) is 49.0 Å². The molecule has 3 aromatic rings. The van der Waals surface area contributed by atoms with Crippen molar-refractivity contribution in [2.24, 2.45) is 0 Å². The Balaban J connectivity index is 1.58. The number of amides is 2. The third-order valence-electron chi connectivity index (χ3n) is 5.37. The molecule has 0 aliphatic heterocycles. The summed E-state index contributed by atoms with van der Waals surface area (Å²) in [6, 6.07) is 13.1. The van der Waals surface area contributed by atoms with Gasteiger partial charge in [-0.05, 0) is 41.8 Å². The van der Waals surface area contributed by atoms with Crippen molar-refractivity contribution in [2.75, 3.05) is 25.3 Å². The maximum Gasteiger partial charge on any atom is 0.244 e. The molecule has 0 saturated heterocycles. The summed E-state index contributed by atoms with van der Waals surface area (Å²) in [5.41, 5.74) is 2.68. The van der Waals surface area contributed by atoms with E-state index in [1.807, 2.05) is 41.8 Å². The van der Waals surface area contributed by atoms with Crippen molar-refractivity contribution in [1.29, 1.82) is 0 Å². The van der Waals surface area contributed by atoms with Crippen LogP contribution in [-0.4, -0.2) is 46.6 Å². The van der Waals surface area contributed by atoms with Crippen LogP contribution < -0.4 is 20.1 Å². The number of anilines is 1. The number of allylic oxidation sites excluding steroid dienone is 1. The van der Waals surface area contributed by atoms with Crippen molar-refractivity contribution in [3.8, 4) is 11.5 Å². The number of hydrogen-bond donors (Lipinski definition) is 2. The molecule has 1 aromatic heterocycles. The second-order valence-corrected chi connectivity index (χ2v) is 8.75. The Kier molecular flexibility index (Phi) is 10.3. The molecule has 3 rings (SSSR count). The number of carbonyl (C=O) groups excluding carboxylic acids is 2. The zero-order valence-corrected chi connectivity index (χ0v) is 22.0. The van der Waals surface area contributed by atoms with Crippen LogP contribution in [0.1, 0.15) is 23.9 Å². The first-order chi connectivity index (χ1) is 18.0. The lowest BCUT2D eigenvalue weighted by molar-refractivity contribution is -0.116. The molecule has 9 nitrogen and oxygen atoms in total. The molecular weight excluding hydrogens is 490 g/mol. The number of benzene rings is 2. The number of methoxy groups -OCH3 is 2.